The van der Waals surface area contributed by atoms with Crippen LogP contribution in [0.15, 0.2) is 0 Å². The van der Waals surface area contributed by atoms with E-state index in [4.69, 9.17) is 0 Å². The van der Waals surface area contributed by atoms with E-state index in [1.807, 2.05) is 0 Å². The molecule has 28 heavy (non-hydrogen) atoms. The van der Waals surface area contributed by atoms with Crippen molar-refractivity contribution in [2.24, 2.45) is 0 Å². The molecule has 0 saturated heterocycles. The summed E-state index contributed by atoms with van der Waals surface area (Å²) < 4.78 is 23.5. The first-order valence-corrected chi connectivity index (χ1v) is 33.2. The summed E-state index contributed by atoms with van der Waals surface area (Å²) in [7, 11) is 0. The van der Waals surface area contributed by atoms with Crippen LogP contribution in [0.5, 0.6) is 0 Å². The van der Waals surface area contributed by atoms with Gasteiger partial charge in [-0.05, 0) is 0 Å². The third-order valence-electron chi connectivity index (χ3n) is 6.70. The van der Waals surface area contributed by atoms with Crippen molar-refractivity contribution in [3.8, 4) is 0 Å². The first-order valence-electron chi connectivity index (χ1n) is 12.9. The molecule has 0 unspecified atom stereocenters. The van der Waals surface area contributed by atoms with E-state index < -0.39 is 34.0 Å². The van der Waals surface area contributed by atoms with Gasteiger partial charge in [-0.2, -0.15) is 0 Å². The van der Waals surface area contributed by atoms with E-state index >= 15 is 0 Å². The van der Waals surface area contributed by atoms with Crippen LogP contribution in [-0.2, 0) is 5.17 Å². The maximum absolute atomic E-state index is 14.8. The molecule has 0 aromatic rings. The normalized spacial score (nSPS) is 12.8. The molecule has 0 aromatic carbocycles. The molecule has 0 heterocycles. The molecule has 0 spiro atoms. The molecule has 0 aliphatic rings. The maximum atomic E-state index is 14.8. The molecule has 0 saturated carbocycles. The van der Waals surface area contributed by atoms with Gasteiger partial charge >= 0.3 is 189 Å². The van der Waals surface area contributed by atoms with E-state index in [-0.39, 0.29) is 5.17 Å². The predicted octanol–water partition coefficient (Wildman–Crippen LogP) is 9.43. The third kappa shape index (κ3) is 10.4. The molecule has 0 aliphatic heterocycles. The van der Waals surface area contributed by atoms with Gasteiger partial charge in [-0.15, -0.1) is 0 Å². The minimum absolute atomic E-state index is 0.302. The number of rotatable bonds is 20. The van der Waals surface area contributed by atoms with Gasteiger partial charge in [-0.1, -0.05) is 0 Å². The van der Waals surface area contributed by atoms with E-state index in [1.165, 1.54) is 104 Å². The van der Waals surface area contributed by atoms with Crippen molar-refractivity contribution in [2.75, 3.05) is 0 Å². The van der Waals surface area contributed by atoms with Crippen molar-refractivity contribution < 1.29 is 4.21 Å². The van der Waals surface area contributed by atoms with Gasteiger partial charge in [-0.25, -0.2) is 0 Å². The summed E-state index contributed by atoms with van der Waals surface area (Å²) in [4.78, 5) is 0. The molecule has 0 bridgehead atoms. The molecule has 1 nitrogen and oxygen atoms in total. The summed E-state index contributed by atoms with van der Waals surface area (Å²) in [6, 6.07) is 0. The molecule has 0 aliphatic carbocycles. The van der Waals surface area contributed by atoms with Crippen molar-refractivity contribution >= 4 is 39.2 Å². The number of unbranched alkanes of at least 4 members (excludes halogenated alkanes) is 6. The first-order chi connectivity index (χ1) is 13.5. The number of hydrogen-bond donors (Lipinski definition) is 0. The van der Waals surface area contributed by atoms with Gasteiger partial charge in [0.25, 0.3) is 0 Å². The van der Waals surface area contributed by atoms with Crippen molar-refractivity contribution in [3.05, 3.63) is 0 Å². The average molecular weight is 628 g/mol. The zero-order chi connectivity index (χ0) is 21.3. The summed E-state index contributed by atoms with van der Waals surface area (Å²) >= 11 is -5.25. The quantitative estimate of drug-likeness (QED) is 0.123. The van der Waals surface area contributed by atoms with Crippen LogP contribution < -0.4 is 0 Å². The van der Waals surface area contributed by atoms with E-state index in [0.717, 1.165) is 0 Å². The minimum atomic E-state index is -2.62. The summed E-state index contributed by atoms with van der Waals surface area (Å²) in [6.07, 6.45) is 16.0. The third-order valence-corrected chi connectivity index (χ3v) is 101. The summed E-state index contributed by atoms with van der Waals surface area (Å²) in [6.45, 7) is 14.1. The summed E-state index contributed by atoms with van der Waals surface area (Å²) in [5.41, 5.74) is 0. The molecule has 170 valence electrons. The molecule has 0 atom stereocenters. The second-order valence-corrected chi connectivity index (χ2v) is 59.8. The van der Waals surface area contributed by atoms with Gasteiger partial charge in [-0.3, -0.25) is 0 Å². The fourth-order valence-corrected chi connectivity index (χ4v) is 139. The Morgan fingerprint density at radius 1 is 0.429 bits per heavy atom. The van der Waals surface area contributed by atoms with Crippen LogP contribution in [0.2, 0.25) is 26.6 Å². The molecular formula is C24H54OSSn2. The van der Waals surface area contributed by atoms with E-state index in [9.17, 15) is 4.21 Å². The van der Waals surface area contributed by atoms with Crippen LogP contribution in [0.4, 0.5) is 0 Å². The zero-order valence-electron chi connectivity index (χ0n) is 20.5. The Kier molecular flexibility index (Phi) is 19.5. The van der Waals surface area contributed by atoms with Gasteiger partial charge in [0, 0.05) is 0 Å². The van der Waals surface area contributed by atoms with Gasteiger partial charge in [0.2, 0.25) is 0 Å². The SMILES string of the molecule is CCC[CH2][Sn]([CH2]CCC)([CH2]CCC)[S](=O)[Sn]([CH2]CCC)([CH2]CCC)[CH2]CCC. The first kappa shape index (κ1) is 29.7. The van der Waals surface area contributed by atoms with E-state index in [2.05, 4.69) is 41.5 Å². The Hall–Kier alpha value is 1.75. The molecular weight excluding hydrogens is 574 g/mol. The molecule has 0 aromatic heterocycles. The molecule has 0 rings (SSSR count). The zero-order valence-corrected chi connectivity index (χ0v) is 27.1. The van der Waals surface area contributed by atoms with Crippen LogP contribution in [0.25, 0.3) is 0 Å². The van der Waals surface area contributed by atoms with Gasteiger partial charge in [0.05, 0.1) is 0 Å². The monoisotopic (exact) mass is 630 g/mol. The Labute approximate surface area is 187 Å². The Morgan fingerprint density at radius 2 is 0.607 bits per heavy atom. The van der Waals surface area contributed by atoms with E-state index in [0.29, 0.717) is 0 Å². The molecule has 0 amide bonds. The fourth-order valence-electron chi connectivity index (χ4n) is 4.76. The van der Waals surface area contributed by atoms with Crippen molar-refractivity contribution in [1.29, 1.82) is 0 Å². The topological polar surface area (TPSA) is 17.1 Å². The van der Waals surface area contributed by atoms with Gasteiger partial charge in [0.15, 0.2) is 0 Å². The Bertz CT molecular complexity index is 309. The van der Waals surface area contributed by atoms with Crippen LogP contribution in [0, 0.1) is 0 Å². The molecule has 0 radical (unpaired) electrons. The van der Waals surface area contributed by atoms with Crippen LogP contribution in [0.3, 0.4) is 0 Å². The van der Waals surface area contributed by atoms with Crippen molar-refractivity contribution in [2.45, 2.75) is 145 Å². The van der Waals surface area contributed by atoms with Gasteiger partial charge < -0.3 is 0 Å². The molecule has 0 N–H and O–H groups in total. The molecule has 4 heteroatoms. The van der Waals surface area contributed by atoms with Crippen molar-refractivity contribution in [1.82, 2.24) is 0 Å². The summed E-state index contributed by atoms with van der Waals surface area (Å²) in [5.74, 6) is 0. The second-order valence-electron chi connectivity index (χ2n) is 9.26. The van der Waals surface area contributed by atoms with Crippen LogP contribution in [0.1, 0.15) is 119 Å². The fraction of sp³-hybridized carbons (Fsp3) is 1.00. The van der Waals surface area contributed by atoms with Crippen LogP contribution >= 0.6 is 0 Å². The van der Waals surface area contributed by atoms with Crippen LogP contribution in [-0.4, -0.2) is 38.2 Å². The average Bonchev–Trinajstić information content (AvgIpc) is 2.73. The number of hydrogen-bond acceptors (Lipinski definition) is 1. The Balaban J connectivity index is 6.03. The van der Waals surface area contributed by atoms with Crippen molar-refractivity contribution in [3.63, 3.8) is 0 Å². The standard InChI is InChI=1S/6C4H9.OS.2Sn/c6*1-3-4-2;1-2;;/h6*1,3-4H2,2H3;;;. The summed E-state index contributed by atoms with van der Waals surface area (Å²) in [5, 5.41) is -0.302. The van der Waals surface area contributed by atoms with Gasteiger partial charge in [0.1, 0.15) is 0 Å². The second kappa shape index (κ2) is 18.3. The molecule has 0 fully saturated rings. The van der Waals surface area contributed by atoms with E-state index in [1.54, 1.807) is 0 Å². The predicted molar refractivity (Wildman–Crippen MR) is 138 cm³/mol. The Morgan fingerprint density at radius 3 is 0.750 bits per heavy atom.